The smallest absolute Gasteiger partial charge is 0.119 e. The van der Waals surface area contributed by atoms with E-state index in [1.165, 1.54) is 5.56 Å². The largest absolute Gasteiger partial charge is 0.493 e. The normalized spacial score (nSPS) is 19.4. The first-order valence-corrected chi connectivity index (χ1v) is 6.77. The van der Waals surface area contributed by atoms with E-state index in [4.69, 9.17) is 9.47 Å². The topological polar surface area (TPSA) is 30.5 Å². The fraction of sp³-hybridized carbons (Fsp3) is 0.600. The molecule has 1 aromatic carbocycles. The van der Waals surface area contributed by atoms with Crippen LogP contribution in [0.15, 0.2) is 24.3 Å². The van der Waals surface area contributed by atoms with Crippen LogP contribution in [0.4, 0.5) is 0 Å². The summed E-state index contributed by atoms with van der Waals surface area (Å²) in [5.74, 6) is 1.52. The van der Waals surface area contributed by atoms with E-state index in [9.17, 15) is 0 Å². The molecule has 1 fully saturated rings. The van der Waals surface area contributed by atoms with Crippen LogP contribution >= 0.6 is 0 Å². The SMILES string of the molecule is CC(C)NCc1cccc(OCC2CCOC2)c1. The van der Waals surface area contributed by atoms with Crippen molar-refractivity contribution >= 4 is 0 Å². The summed E-state index contributed by atoms with van der Waals surface area (Å²) in [6.07, 6.45) is 1.12. The first-order chi connectivity index (χ1) is 8.74. The van der Waals surface area contributed by atoms with Gasteiger partial charge in [-0.05, 0) is 24.1 Å². The van der Waals surface area contributed by atoms with Crippen LogP contribution in [0.25, 0.3) is 0 Å². The van der Waals surface area contributed by atoms with Crippen LogP contribution in [0.3, 0.4) is 0 Å². The Bertz CT molecular complexity index is 359. The van der Waals surface area contributed by atoms with E-state index in [1.54, 1.807) is 0 Å². The number of hydrogen-bond donors (Lipinski definition) is 1. The second kappa shape index (κ2) is 6.76. The molecule has 1 unspecified atom stereocenters. The molecule has 18 heavy (non-hydrogen) atoms. The molecule has 1 atom stereocenters. The molecule has 0 spiro atoms. The Morgan fingerprint density at radius 3 is 3.06 bits per heavy atom. The zero-order valence-electron chi connectivity index (χ0n) is 11.3. The molecule has 3 heteroatoms. The Morgan fingerprint density at radius 1 is 1.44 bits per heavy atom. The van der Waals surface area contributed by atoms with E-state index in [2.05, 4.69) is 37.4 Å². The Kier molecular flexibility index (Phi) is 5.02. The van der Waals surface area contributed by atoms with Crippen molar-refractivity contribution in [2.24, 2.45) is 5.92 Å². The summed E-state index contributed by atoms with van der Waals surface area (Å²) in [4.78, 5) is 0. The summed E-state index contributed by atoms with van der Waals surface area (Å²) >= 11 is 0. The highest BCUT2D eigenvalue weighted by Crippen LogP contribution is 2.17. The molecule has 2 rings (SSSR count). The van der Waals surface area contributed by atoms with E-state index >= 15 is 0 Å². The van der Waals surface area contributed by atoms with Crippen LogP contribution in [-0.2, 0) is 11.3 Å². The average Bonchev–Trinajstić information content (AvgIpc) is 2.87. The molecule has 0 aromatic heterocycles. The number of rotatable bonds is 6. The molecule has 1 N–H and O–H groups in total. The van der Waals surface area contributed by atoms with Gasteiger partial charge in [-0.15, -0.1) is 0 Å². The minimum atomic E-state index is 0.505. The first-order valence-electron chi connectivity index (χ1n) is 6.77. The van der Waals surface area contributed by atoms with E-state index in [0.717, 1.165) is 38.5 Å². The Hall–Kier alpha value is -1.06. The maximum absolute atomic E-state index is 5.83. The molecule has 1 aromatic rings. The van der Waals surface area contributed by atoms with Crippen molar-refractivity contribution in [1.82, 2.24) is 5.32 Å². The van der Waals surface area contributed by atoms with Crippen LogP contribution in [0.2, 0.25) is 0 Å². The van der Waals surface area contributed by atoms with Crippen LogP contribution in [0.1, 0.15) is 25.8 Å². The Balaban J connectivity index is 1.82. The number of ether oxygens (including phenoxy) is 2. The number of hydrogen-bond acceptors (Lipinski definition) is 3. The van der Waals surface area contributed by atoms with E-state index in [-0.39, 0.29) is 0 Å². The van der Waals surface area contributed by atoms with Gasteiger partial charge in [0.15, 0.2) is 0 Å². The van der Waals surface area contributed by atoms with Gasteiger partial charge in [0.25, 0.3) is 0 Å². The van der Waals surface area contributed by atoms with Crippen LogP contribution in [0, 0.1) is 5.92 Å². The van der Waals surface area contributed by atoms with Crippen molar-refractivity contribution in [2.75, 3.05) is 19.8 Å². The maximum atomic E-state index is 5.83. The first kappa shape index (κ1) is 13.4. The lowest BCUT2D eigenvalue weighted by molar-refractivity contribution is 0.167. The highest BCUT2D eigenvalue weighted by atomic mass is 16.5. The van der Waals surface area contributed by atoms with Crippen LogP contribution in [-0.4, -0.2) is 25.9 Å². The summed E-state index contributed by atoms with van der Waals surface area (Å²) in [5, 5.41) is 3.41. The predicted octanol–water partition coefficient (Wildman–Crippen LogP) is 2.60. The third-order valence-electron chi connectivity index (χ3n) is 3.12. The standard InChI is InChI=1S/C15H23NO2/c1-12(2)16-9-13-4-3-5-15(8-13)18-11-14-6-7-17-10-14/h3-5,8,12,14,16H,6-7,9-11H2,1-2H3. The zero-order chi connectivity index (χ0) is 12.8. The van der Waals surface area contributed by atoms with Crippen molar-refractivity contribution in [3.63, 3.8) is 0 Å². The van der Waals surface area contributed by atoms with E-state index in [1.807, 2.05) is 6.07 Å². The van der Waals surface area contributed by atoms with Gasteiger partial charge in [-0.2, -0.15) is 0 Å². The molecule has 1 saturated heterocycles. The Morgan fingerprint density at radius 2 is 2.33 bits per heavy atom. The van der Waals surface area contributed by atoms with Gasteiger partial charge in [-0.25, -0.2) is 0 Å². The molecule has 3 nitrogen and oxygen atoms in total. The third-order valence-corrected chi connectivity index (χ3v) is 3.12. The number of nitrogens with one attached hydrogen (secondary N) is 1. The lowest BCUT2D eigenvalue weighted by atomic mass is 10.1. The monoisotopic (exact) mass is 249 g/mol. The van der Waals surface area contributed by atoms with Crippen LogP contribution in [0.5, 0.6) is 5.75 Å². The molecule has 0 bridgehead atoms. The summed E-state index contributed by atoms with van der Waals surface area (Å²) in [5.41, 5.74) is 1.27. The molecule has 100 valence electrons. The summed E-state index contributed by atoms with van der Waals surface area (Å²) in [6.45, 7) is 7.68. The van der Waals surface area contributed by atoms with Crippen molar-refractivity contribution in [1.29, 1.82) is 0 Å². The second-order valence-electron chi connectivity index (χ2n) is 5.22. The third kappa shape index (κ3) is 4.31. The van der Waals surface area contributed by atoms with Gasteiger partial charge in [-0.1, -0.05) is 26.0 Å². The predicted molar refractivity (Wildman–Crippen MR) is 72.8 cm³/mol. The van der Waals surface area contributed by atoms with Gasteiger partial charge >= 0.3 is 0 Å². The molecule has 1 heterocycles. The quantitative estimate of drug-likeness (QED) is 0.840. The van der Waals surface area contributed by atoms with Crippen molar-refractivity contribution in [3.05, 3.63) is 29.8 Å². The zero-order valence-corrected chi connectivity index (χ0v) is 11.3. The highest BCUT2D eigenvalue weighted by molar-refractivity contribution is 5.28. The van der Waals surface area contributed by atoms with Gasteiger partial charge in [-0.3, -0.25) is 0 Å². The van der Waals surface area contributed by atoms with Crippen molar-refractivity contribution < 1.29 is 9.47 Å². The molecule has 0 saturated carbocycles. The minimum absolute atomic E-state index is 0.505. The Labute approximate surface area is 109 Å². The summed E-state index contributed by atoms with van der Waals surface area (Å²) in [6, 6.07) is 8.82. The average molecular weight is 249 g/mol. The van der Waals surface area contributed by atoms with Gasteiger partial charge in [0.2, 0.25) is 0 Å². The molecule has 1 aliphatic heterocycles. The van der Waals surface area contributed by atoms with Gasteiger partial charge < -0.3 is 14.8 Å². The van der Waals surface area contributed by atoms with Crippen molar-refractivity contribution in [3.8, 4) is 5.75 Å². The fourth-order valence-electron chi connectivity index (χ4n) is 2.00. The van der Waals surface area contributed by atoms with Crippen molar-refractivity contribution in [2.45, 2.75) is 32.9 Å². The molecule has 0 aliphatic carbocycles. The lowest BCUT2D eigenvalue weighted by Gasteiger charge is -2.12. The molecular formula is C15H23NO2. The van der Waals surface area contributed by atoms with Gasteiger partial charge in [0.05, 0.1) is 13.2 Å². The number of benzene rings is 1. The molecule has 1 aliphatic rings. The molecule has 0 amide bonds. The fourth-order valence-corrected chi connectivity index (χ4v) is 2.00. The summed E-state index contributed by atoms with van der Waals surface area (Å²) < 4.78 is 11.2. The van der Waals surface area contributed by atoms with Gasteiger partial charge in [0, 0.05) is 25.1 Å². The van der Waals surface area contributed by atoms with E-state index < -0.39 is 0 Å². The second-order valence-corrected chi connectivity index (χ2v) is 5.22. The molecular weight excluding hydrogens is 226 g/mol. The lowest BCUT2D eigenvalue weighted by Crippen LogP contribution is -2.21. The maximum Gasteiger partial charge on any atom is 0.119 e. The minimum Gasteiger partial charge on any atom is -0.493 e. The van der Waals surface area contributed by atoms with Gasteiger partial charge in [0.1, 0.15) is 5.75 Å². The summed E-state index contributed by atoms with van der Waals surface area (Å²) in [7, 11) is 0. The molecule has 0 radical (unpaired) electrons. The van der Waals surface area contributed by atoms with Crippen LogP contribution < -0.4 is 10.1 Å². The van der Waals surface area contributed by atoms with E-state index in [0.29, 0.717) is 12.0 Å². The highest BCUT2D eigenvalue weighted by Gasteiger charge is 2.16.